The molecule has 0 radical (unpaired) electrons. The maximum Gasteiger partial charge on any atom is 0.337 e. The first kappa shape index (κ1) is 13.7. The van der Waals surface area contributed by atoms with E-state index in [1.54, 1.807) is 18.2 Å². The normalized spacial score (nSPS) is 17.3. The van der Waals surface area contributed by atoms with Crippen molar-refractivity contribution in [2.75, 3.05) is 30.7 Å². The Morgan fingerprint density at radius 1 is 1.47 bits per heavy atom. The van der Waals surface area contributed by atoms with Gasteiger partial charge in [0.25, 0.3) is 0 Å². The summed E-state index contributed by atoms with van der Waals surface area (Å²) in [5.74, 6) is -0.991. The van der Waals surface area contributed by atoms with Gasteiger partial charge in [0.2, 0.25) is 0 Å². The largest absolute Gasteiger partial charge is 0.478 e. The summed E-state index contributed by atoms with van der Waals surface area (Å²) in [7, 11) is 0. The van der Waals surface area contributed by atoms with Crippen molar-refractivity contribution in [3.63, 3.8) is 0 Å². The third-order valence-corrected chi connectivity index (χ3v) is 3.65. The van der Waals surface area contributed by atoms with Gasteiger partial charge in [0.05, 0.1) is 5.56 Å². The summed E-state index contributed by atoms with van der Waals surface area (Å²) in [5.41, 5.74) is 7.04. The van der Waals surface area contributed by atoms with E-state index in [0.717, 1.165) is 12.2 Å². The molecule has 0 saturated carbocycles. The second-order valence-corrected chi connectivity index (χ2v) is 5.08. The Bertz CT molecular complexity index is 456. The number of carboxylic acid groups (broad SMARTS) is 1. The highest BCUT2D eigenvalue weighted by molar-refractivity contribution is 5.94. The summed E-state index contributed by atoms with van der Waals surface area (Å²) < 4.78 is 0. The fourth-order valence-electron chi connectivity index (χ4n) is 2.44. The zero-order chi connectivity index (χ0) is 13.8. The van der Waals surface area contributed by atoms with Crippen molar-refractivity contribution in [2.45, 2.75) is 25.8 Å². The Balaban J connectivity index is 1.92. The molecular formula is C14H21N3O2. The fraction of sp³-hybridized carbons (Fsp3) is 0.500. The van der Waals surface area contributed by atoms with Gasteiger partial charge in [-0.05, 0) is 51.1 Å². The highest BCUT2D eigenvalue weighted by atomic mass is 16.4. The van der Waals surface area contributed by atoms with Crippen LogP contribution in [0.5, 0.6) is 0 Å². The van der Waals surface area contributed by atoms with Gasteiger partial charge in [-0.25, -0.2) is 4.79 Å². The Morgan fingerprint density at radius 3 is 2.74 bits per heavy atom. The van der Waals surface area contributed by atoms with E-state index < -0.39 is 5.97 Å². The Kier molecular flexibility index (Phi) is 4.27. The van der Waals surface area contributed by atoms with Crippen LogP contribution in [-0.4, -0.2) is 41.7 Å². The minimum absolute atomic E-state index is 0.151. The molecule has 1 fully saturated rings. The second-order valence-electron chi connectivity index (χ2n) is 5.08. The van der Waals surface area contributed by atoms with Gasteiger partial charge in [-0.15, -0.1) is 0 Å². The third kappa shape index (κ3) is 3.38. The number of nitrogens with zero attached hydrogens (tertiary/aromatic N) is 1. The maximum atomic E-state index is 10.9. The van der Waals surface area contributed by atoms with Gasteiger partial charge in [-0.3, -0.25) is 4.90 Å². The van der Waals surface area contributed by atoms with Gasteiger partial charge >= 0.3 is 5.97 Å². The third-order valence-electron chi connectivity index (χ3n) is 3.65. The van der Waals surface area contributed by atoms with Crippen LogP contribution in [0.15, 0.2) is 18.2 Å². The molecular weight excluding hydrogens is 242 g/mol. The van der Waals surface area contributed by atoms with Crippen molar-refractivity contribution < 1.29 is 9.90 Å². The van der Waals surface area contributed by atoms with E-state index in [1.165, 1.54) is 25.9 Å². The minimum Gasteiger partial charge on any atom is -0.478 e. The van der Waals surface area contributed by atoms with Crippen LogP contribution in [0.2, 0.25) is 0 Å². The van der Waals surface area contributed by atoms with Gasteiger partial charge in [-0.1, -0.05) is 0 Å². The molecule has 1 heterocycles. The summed E-state index contributed by atoms with van der Waals surface area (Å²) >= 11 is 0. The lowest BCUT2D eigenvalue weighted by Gasteiger charge is -2.24. The summed E-state index contributed by atoms with van der Waals surface area (Å²) in [6.07, 6.45) is 2.56. The molecule has 0 aromatic heterocycles. The first-order chi connectivity index (χ1) is 9.08. The highest BCUT2D eigenvalue weighted by Gasteiger charge is 2.17. The number of carbonyl (C=O) groups is 1. The minimum atomic E-state index is -0.991. The topological polar surface area (TPSA) is 78.6 Å². The molecule has 4 N–H and O–H groups in total. The van der Waals surface area contributed by atoms with Crippen LogP contribution in [0.1, 0.15) is 30.1 Å². The maximum absolute atomic E-state index is 10.9. The molecule has 0 bridgehead atoms. The van der Waals surface area contributed by atoms with Crippen LogP contribution >= 0.6 is 0 Å². The number of aromatic carboxylic acids is 1. The van der Waals surface area contributed by atoms with Crippen LogP contribution in [0.4, 0.5) is 11.4 Å². The van der Waals surface area contributed by atoms with Crippen molar-refractivity contribution in [3.05, 3.63) is 23.8 Å². The number of rotatable bonds is 5. The molecule has 1 aliphatic rings. The van der Waals surface area contributed by atoms with Crippen molar-refractivity contribution in [2.24, 2.45) is 0 Å². The van der Waals surface area contributed by atoms with Crippen LogP contribution in [0.3, 0.4) is 0 Å². The van der Waals surface area contributed by atoms with Crippen LogP contribution in [0, 0.1) is 0 Å². The number of nitrogens with two attached hydrogens (primary N) is 1. The highest BCUT2D eigenvalue weighted by Crippen LogP contribution is 2.19. The van der Waals surface area contributed by atoms with E-state index in [4.69, 9.17) is 10.8 Å². The van der Waals surface area contributed by atoms with Crippen LogP contribution < -0.4 is 11.1 Å². The molecule has 0 amide bonds. The number of hydrogen-bond donors (Lipinski definition) is 3. The van der Waals surface area contributed by atoms with Gasteiger partial charge in [0.15, 0.2) is 0 Å². The average Bonchev–Trinajstić information content (AvgIpc) is 2.89. The first-order valence-electron chi connectivity index (χ1n) is 6.68. The van der Waals surface area contributed by atoms with E-state index in [9.17, 15) is 4.79 Å². The average molecular weight is 263 g/mol. The molecule has 19 heavy (non-hydrogen) atoms. The summed E-state index contributed by atoms with van der Waals surface area (Å²) in [5, 5.41) is 12.2. The molecule has 1 aromatic carbocycles. The summed E-state index contributed by atoms with van der Waals surface area (Å²) in [4.78, 5) is 13.3. The van der Waals surface area contributed by atoms with Crippen molar-refractivity contribution in [3.8, 4) is 0 Å². The summed E-state index contributed by atoms with van der Waals surface area (Å²) in [6.45, 7) is 5.38. The molecule has 0 spiro atoms. The Morgan fingerprint density at radius 2 is 2.16 bits per heavy atom. The molecule has 1 atom stereocenters. The quantitative estimate of drug-likeness (QED) is 0.707. The Labute approximate surface area is 113 Å². The number of nitrogens with one attached hydrogen (secondary N) is 1. The number of anilines is 2. The van der Waals surface area contributed by atoms with Crippen molar-refractivity contribution in [1.82, 2.24) is 4.90 Å². The van der Waals surface area contributed by atoms with Crippen molar-refractivity contribution in [1.29, 1.82) is 0 Å². The van der Waals surface area contributed by atoms with E-state index >= 15 is 0 Å². The molecule has 0 aliphatic carbocycles. The predicted molar refractivity (Wildman–Crippen MR) is 76.6 cm³/mol. The first-order valence-corrected chi connectivity index (χ1v) is 6.68. The summed E-state index contributed by atoms with van der Waals surface area (Å²) in [6, 6.07) is 5.46. The lowest BCUT2D eigenvalue weighted by atomic mass is 10.1. The lowest BCUT2D eigenvalue weighted by Crippen LogP contribution is -2.35. The van der Waals surface area contributed by atoms with E-state index in [2.05, 4.69) is 17.1 Å². The number of likely N-dealkylation sites (tertiary alicyclic amines) is 1. The standard InChI is InChI=1S/C14H21N3O2/c1-10(17-6-2-3-7-17)9-16-11-4-5-12(14(18)19)13(15)8-11/h4-5,8,10,16H,2-3,6-7,9,15H2,1H3,(H,18,19). The predicted octanol–water partition coefficient (Wildman–Crippen LogP) is 1.86. The fourth-order valence-corrected chi connectivity index (χ4v) is 2.44. The number of benzene rings is 1. The van der Waals surface area contributed by atoms with Crippen molar-refractivity contribution >= 4 is 17.3 Å². The van der Waals surface area contributed by atoms with Crippen LogP contribution in [0.25, 0.3) is 0 Å². The number of carboxylic acids is 1. The van der Waals surface area contributed by atoms with Gasteiger partial charge in [0, 0.05) is 24.0 Å². The zero-order valence-corrected chi connectivity index (χ0v) is 11.2. The number of hydrogen-bond acceptors (Lipinski definition) is 4. The van der Waals surface area contributed by atoms with Gasteiger partial charge in [0.1, 0.15) is 0 Å². The SMILES string of the molecule is CC(CNc1ccc(C(=O)O)c(N)c1)N1CCCC1. The van der Waals surface area contributed by atoms with E-state index in [-0.39, 0.29) is 5.56 Å². The monoisotopic (exact) mass is 263 g/mol. The number of nitrogen functional groups attached to an aromatic ring is 1. The molecule has 2 rings (SSSR count). The lowest BCUT2D eigenvalue weighted by molar-refractivity contribution is 0.0698. The molecule has 5 heteroatoms. The molecule has 1 aliphatic heterocycles. The van der Waals surface area contributed by atoms with Crippen LogP contribution in [-0.2, 0) is 0 Å². The molecule has 104 valence electrons. The zero-order valence-electron chi connectivity index (χ0n) is 11.2. The molecule has 1 unspecified atom stereocenters. The Hall–Kier alpha value is -1.75. The smallest absolute Gasteiger partial charge is 0.337 e. The van der Waals surface area contributed by atoms with E-state index in [0.29, 0.717) is 11.7 Å². The molecule has 5 nitrogen and oxygen atoms in total. The second kappa shape index (κ2) is 5.93. The molecule has 1 aromatic rings. The van der Waals surface area contributed by atoms with Gasteiger partial charge in [-0.2, -0.15) is 0 Å². The van der Waals surface area contributed by atoms with Gasteiger partial charge < -0.3 is 16.2 Å². The van der Waals surface area contributed by atoms with E-state index in [1.807, 2.05) is 0 Å². The molecule has 1 saturated heterocycles.